The number of hydrogen-bond acceptors (Lipinski definition) is 3. The number of amides is 1. The molecule has 1 atom stereocenters. The first-order valence-corrected chi connectivity index (χ1v) is 6.67. The maximum Gasteiger partial charge on any atom is 0.254 e. The molecule has 1 aromatic carbocycles. The van der Waals surface area contributed by atoms with Gasteiger partial charge in [-0.2, -0.15) is 0 Å². The van der Waals surface area contributed by atoms with Crippen molar-refractivity contribution < 1.29 is 18.7 Å². The van der Waals surface area contributed by atoms with Crippen molar-refractivity contribution in [1.29, 1.82) is 0 Å². The lowest BCUT2D eigenvalue weighted by Crippen LogP contribution is -2.40. The molecule has 3 N–H and O–H groups in total. The van der Waals surface area contributed by atoms with E-state index in [0.717, 1.165) is 25.0 Å². The predicted molar refractivity (Wildman–Crippen MR) is 71.1 cm³/mol. The van der Waals surface area contributed by atoms with E-state index in [1.807, 2.05) is 0 Å². The highest BCUT2D eigenvalue weighted by Gasteiger charge is 2.25. The van der Waals surface area contributed by atoms with Crippen LogP contribution >= 0.6 is 0 Å². The number of benzene rings is 1. The number of carbonyl (C=O) groups is 1. The van der Waals surface area contributed by atoms with Gasteiger partial charge in [-0.1, -0.05) is 0 Å². The van der Waals surface area contributed by atoms with Gasteiger partial charge in [-0.3, -0.25) is 4.79 Å². The highest BCUT2D eigenvalue weighted by molar-refractivity contribution is 5.94. The quantitative estimate of drug-likeness (QED) is 0.831. The van der Waals surface area contributed by atoms with E-state index in [4.69, 9.17) is 10.8 Å². The molecule has 0 aromatic heterocycles. The number of nitrogens with zero attached hydrogens (tertiary/aromatic N) is 1. The number of anilines is 1. The third-order valence-electron chi connectivity index (χ3n) is 3.67. The van der Waals surface area contributed by atoms with Crippen LogP contribution in [0.1, 0.15) is 29.6 Å². The summed E-state index contributed by atoms with van der Waals surface area (Å²) in [5, 5.41) is 8.95. The van der Waals surface area contributed by atoms with E-state index in [2.05, 4.69) is 0 Å². The summed E-state index contributed by atoms with van der Waals surface area (Å²) in [6.07, 6.45) is 2.42. The number of carbonyl (C=O) groups excluding carboxylic acids is 1. The van der Waals surface area contributed by atoms with Gasteiger partial charge in [0, 0.05) is 25.3 Å². The average Bonchev–Trinajstić information content (AvgIpc) is 2.44. The van der Waals surface area contributed by atoms with Gasteiger partial charge in [0.05, 0.1) is 0 Å². The van der Waals surface area contributed by atoms with Crippen LogP contribution in [0.4, 0.5) is 14.5 Å². The molecular formula is C14H18F2N2O2. The Kier molecular flexibility index (Phi) is 4.54. The summed E-state index contributed by atoms with van der Waals surface area (Å²) in [6, 6.07) is 1.94. The minimum atomic E-state index is -0.919. The summed E-state index contributed by atoms with van der Waals surface area (Å²) in [6.45, 7) is 1.15. The first-order chi connectivity index (χ1) is 9.52. The highest BCUT2D eigenvalue weighted by atomic mass is 19.1. The number of rotatable bonds is 3. The molecule has 0 spiro atoms. The lowest BCUT2D eigenvalue weighted by molar-refractivity contribution is 0.0652. The van der Waals surface area contributed by atoms with Gasteiger partial charge in [0.25, 0.3) is 5.91 Å². The summed E-state index contributed by atoms with van der Waals surface area (Å²) in [4.78, 5) is 13.8. The Balaban J connectivity index is 2.14. The van der Waals surface area contributed by atoms with E-state index in [1.54, 1.807) is 4.90 Å². The lowest BCUT2D eigenvalue weighted by Gasteiger charge is -2.32. The maximum atomic E-state index is 13.4. The fourth-order valence-electron chi connectivity index (χ4n) is 2.56. The van der Waals surface area contributed by atoms with E-state index in [9.17, 15) is 13.6 Å². The number of piperidine rings is 1. The summed E-state index contributed by atoms with van der Waals surface area (Å²) in [5.74, 6) is -2.00. The Hall–Kier alpha value is -1.69. The van der Waals surface area contributed by atoms with E-state index < -0.39 is 23.2 Å². The van der Waals surface area contributed by atoms with Gasteiger partial charge in [-0.05, 0) is 37.3 Å². The maximum absolute atomic E-state index is 13.4. The van der Waals surface area contributed by atoms with Crippen molar-refractivity contribution >= 4 is 11.6 Å². The molecular weight excluding hydrogens is 266 g/mol. The van der Waals surface area contributed by atoms with Crippen LogP contribution in [-0.2, 0) is 0 Å². The van der Waals surface area contributed by atoms with Gasteiger partial charge in [-0.15, -0.1) is 0 Å². The van der Waals surface area contributed by atoms with Crippen LogP contribution in [0.25, 0.3) is 0 Å². The van der Waals surface area contributed by atoms with Crippen LogP contribution in [0.5, 0.6) is 0 Å². The SMILES string of the molecule is Nc1c(F)cc(C(=O)N2CCCC(CCO)C2)cc1F. The minimum absolute atomic E-state index is 0.0288. The number of aliphatic hydroxyl groups excluding tert-OH is 1. The standard InChI is InChI=1S/C14H18F2N2O2/c15-11-6-10(7-12(16)13(11)17)14(20)18-4-1-2-9(8-18)3-5-19/h6-7,9,19H,1-5,8,17H2. The van der Waals surface area contributed by atoms with Gasteiger partial charge in [0.15, 0.2) is 0 Å². The van der Waals surface area contributed by atoms with Crippen LogP contribution in [0.3, 0.4) is 0 Å². The van der Waals surface area contributed by atoms with Crippen LogP contribution < -0.4 is 5.73 Å². The molecule has 0 aliphatic carbocycles. The molecule has 0 saturated carbocycles. The van der Waals surface area contributed by atoms with Crippen molar-refractivity contribution in [3.63, 3.8) is 0 Å². The molecule has 4 nitrogen and oxygen atoms in total. The van der Waals surface area contributed by atoms with Crippen molar-refractivity contribution in [2.75, 3.05) is 25.4 Å². The molecule has 1 fully saturated rings. The first kappa shape index (κ1) is 14.7. The summed E-state index contributed by atoms with van der Waals surface area (Å²) in [5.41, 5.74) is 4.59. The van der Waals surface area contributed by atoms with Gasteiger partial charge < -0.3 is 15.7 Å². The van der Waals surface area contributed by atoms with Crippen molar-refractivity contribution in [2.24, 2.45) is 5.92 Å². The number of halogens is 2. The number of nitrogen functional groups attached to an aromatic ring is 1. The molecule has 1 aliphatic rings. The van der Waals surface area contributed by atoms with Crippen molar-refractivity contribution in [2.45, 2.75) is 19.3 Å². The normalized spacial score (nSPS) is 19.1. The van der Waals surface area contributed by atoms with Crippen LogP contribution in [0, 0.1) is 17.6 Å². The molecule has 0 bridgehead atoms. The average molecular weight is 284 g/mol. The van der Waals surface area contributed by atoms with Gasteiger partial charge in [-0.25, -0.2) is 8.78 Å². The molecule has 110 valence electrons. The van der Waals surface area contributed by atoms with Gasteiger partial charge >= 0.3 is 0 Å². The molecule has 1 aliphatic heterocycles. The van der Waals surface area contributed by atoms with Crippen molar-refractivity contribution in [1.82, 2.24) is 4.90 Å². The first-order valence-electron chi connectivity index (χ1n) is 6.67. The Labute approximate surface area is 116 Å². The Bertz CT molecular complexity index is 483. The molecule has 2 rings (SSSR count). The van der Waals surface area contributed by atoms with E-state index >= 15 is 0 Å². The molecule has 1 saturated heterocycles. The monoisotopic (exact) mass is 284 g/mol. The highest BCUT2D eigenvalue weighted by Crippen LogP contribution is 2.23. The number of nitrogens with two attached hydrogens (primary N) is 1. The molecule has 1 unspecified atom stereocenters. The van der Waals surface area contributed by atoms with E-state index in [-0.39, 0.29) is 18.1 Å². The van der Waals surface area contributed by atoms with Gasteiger partial charge in [0.2, 0.25) is 0 Å². The van der Waals surface area contributed by atoms with Crippen LogP contribution in [0.2, 0.25) is 0 Å². The van der Waals surface area contributed by atoms with Crippen LogP contribution in [-0.4, -0.2) is 35.6 Å². The smallest absolute Gasteiger partial charge is 0.254 e. The molecule has 6 heteroatoms. The zero-order chi connectivity index (χ0) is 14.7. The second kappa shape index (κ2) is 6.17. The third kappa shape index (κ3) is 3.07. The zero-order valence-electron chi connectivity index (χ0n) is 11.1. The van der Waals surface area contributed by atoms with Crippen molar-refractivity contribution in [3.8, 4) is 0 Å². The molecule has 20 heavy (non-hydrogen) atoms. The fourth-order valence-corrected chi connectivity index (χ4v) is 2.56. The van der Waals surface area contributed by atoms with E-state index in [1.165, 1.54) is 0 Å². The Morgan fingerprint density at radius 3 is 2.65 bits per heavy atom. The lowest BCUT2D eigenvalue weighted by atomic mass is 9.94. The number of aliphatic hydroxyl groups is 1. The molecule has 1 amide bonds. The summed E-state index contributed by atoms with van der Waals surface area (Å²) >= 11 is 0. The fraction of sp³-hybridized carbons (Fsp3) is 0.500. The molecule has 1 aromatic rings. The van der Waals surface area contributed by atoms with E-state index in [0.29, 0.717) is 19.5 Å². The number of hydrogen-bond donors (Lipinski definition) is 2. The topological polar surface area (TPSA) is 66.6 Å². The second-order valence-electron chi connectivity index (χ2n) is 5.13. The molecule has 1 heterocycles. The predicted octanol–water partition coefficient (Wildman–Crippen LogP) is 1.78. The summed E-state index contributed by atoms with van der Waals surface area (Å²) < 4.78 is 26.8. The number of likely N-dealkylation sites (tertiary alicyclic amines) is 1. The Morgan fingerprint density at radius 2 is 2.05 bits per heavy atom. The third-order valence-corrected chi connectivity index (χ3v) is 3.67. The van der Waals surface area contributed by atoms with Gasteiger partial charge in [0.1, 0.15) is 17.3 Å². The van der Waals surface area contributed by atoms with Crippen LogP contribution in [0.15, 0.2) is 12.1 Å². The Morgan fingerprint density at radius 1 is 1.40 bits per heavy atom. The van der Waals surface area contributed by atoms with Crippen molar-refractivity contribution in [3.05, 3.63) is 29.3 Å². The zero-order valence-corrected chi connectivity index (χ0v) is 11.1. The minimum Gasteiger partial charge on any atom is -0.396 e. The second-order valence-corrected chi connectivity index (χ2v) is 5.13. The summed E-state index contributed by atoms with van der Waals surface area (Å²) in [7, 11) is 0. The molecule has 0 radical (unpaired) electrons. The largest absolute Gasteiger partial charge is 0.396 e.